The number of benzene rings is 1. The molecule has 1 aromatic carbocycles. The van der Waals surface area contributed by atoms with Crippen LogP contribution in [0.2, 0.25) is 0 Å². The van der Waals surface area contributed by atoms with Crippen molar-refractivity contribution in [2.24, 2.45) is 5.73 Å². The summed E-state index contributed by atoms with van der Waals surface area (Å²) < 4.78 is 0. The number of hydrogen-bond donors (Lipinski definition) is 3. The van der Waals surface area contributed by atoms with Gasteiger partial charge in [0.25, 0.3) is 11.8 Å². The highest BCUT2D eigenvalue weighted by Crippen LogP contribution is 2.38. The highest BCUT2D eigenvalue weighted by atomic mass is 16.2. The van der Waals surface area contributed by atoms with E-state index < -0.39 is 5.91 Å². The van der Waals surface area contributed by atoms with Crippen molar-refractivity contribution >= 4 is 29.1 Å². The van der Waals surface area contributed by atoms with Crippen LogP contribution in [0.1, 0.15) is 103 Å². The zero-order chi connectivity index (χ0) is 26.5. The van der Waals surface area contributed by atoms with E-state index in [1.54, 1.807) is 31.3 Å². The third-order valence-electron chi connectivity index (χ3n) is 7.67. The Morgan fingerprint density at radius 1 is 1.03 bits per heavy atom. The Kier molecular flexibility index (Phi) is 8.46. The molecule has 4 N–H and O–H groups in total. The molecule has 3 atom stereocenters. The van der Waals surface area contributed by atoms with Gasteiger partial charge in [-0.2, -0.15) is 0 Å². The standard InChI is InChI=1S/C29H39N5O3/c1-4-6-21(7-5-2)32-26-14-19(8-12-25(26)28(30)36)29(37)33-22-15-23-10-11-24(16-22)34(23)27-13-9-20(17-31-27)18(3)35/h8-9,12-14,17,21-24,32H,4-7,10-11,15-16H2,1-3H3,(H2,30,36)(H,33,37)/t22?,23-,24+. The Labute approximate surface area is 219 Å². The molecule has 1 unspecified atom stereocenters. The van der Waals surface area contributed by atoms with E-state index in [-0.39, 0.29) is 23.8 Å². The van der Waals surface area contributed by atoms with E-state index in [0.29, 0.717) is 34.5 Å². The SMILES string of the molecule is CCCC(CCC)Nc1cc(C(=O)NC2C[C@H]3CC[C@@H](C2)N3c2ccc(C(C)=O)cn2)ccc1C(N)=O. The quantitative estimate of drug-likeness (QED) is 0.381. The largest absolute Gasteiger partial charge is 0.382 e. The molecule has 37 heavy (non-hydrogen) atoms. The Morgan fingerprint density at radius 2 is 1.68 bits per heavy atom. The molecule has 0 saturated carbocycles. The van der Waals surface area contributed by atoms with Crippen molar-refractivity contribution in [3.05, 3.63) is 53.2 Å². The van der Waals surface area contributed by atoms with Crippen LogP contribution in [0, 0.1) is 0 Å². The van der Waals surface area contributed by atoms with Crippen molar-refractivity contribution in [2.75, 3.05) is 10.2 Å². The van der Waals surface area contributed by atoms with Gasteiger partial charge in [-0.05, 0) is 75.8 Å². The molecule has 1 aromatic heterocycles. The van der Waals surface area contributed by atoms with Crippen molar-refractivity contribution in [3.63, 3.8) is 0 Å². The lowest BCUT2D eigenvalue weighted by molar-refractivity contribution is 0.0924. The minimum absolute atomic E-state index is 0.0110. The number of nitrogens with zero attached hydrogens (tertiary/aromatic N) is 2. The Balaban J connectivity index is 1.44. The normalized spacial score (nSPS) is 20.6. The van der Waals surface area contributed by atoms with Gasteiger partial charge in [-0.3, -0.25) is 14.4 Å². The van der Waals surface area contributed by atoms with E-state index >= 15 is 0 Å². The molecule has 0 radical (unpaired) electrons. The molecule has 0 aliphatic carbocycles. The number of rotatable bonds is 11. The van der Waals surface area contributed by atoms with Crippen LogP contribution in [-0.2, 0) is 0 Å². The van der Waals surface area contributed by atoms with Crippen LogP contribution in [-0.4, -0.2) is 46.7 Å². The first kappa shape index (κ1) is 26.6. The van der Waals surface area contributed by atoms with E-state index in [1.807, 2.05) is 12.1 Å². The maximum Gasteiger partial charge on any atom is 0.251 e. The molecule has 3 heterocycles. The molecule has 2 aromatic rings. The lowest BCUT2D eigenvalue weighted by Gasteiger charge is -2.40. The van der Waals surface area contributed by atoms with E-state index in [2.05, 4.69) is 34.4 Å². The molecule has 2 aliphatic rings. The van der Waals surface area contributed by atoms with E-state index in [4.69, 9.17) is 5.73 Å². The lowest BCUT2D eigenvalue weighted by Crippen LogP contribution is -2.50. The summed E-state index contributed by atoms with van der Waals surface area (Å²) in [4.78, 5) is 43.8. The molecule has 4 rings (SSSR count). The number of Topliss-reactive ketones (excluding diaryl/α,β-unsaturated/α-hetero) is 1. The number of carbonyl (C=O) groups is 3. The number of nitrogens with one attached hydrogen (secondary N) is 2. The first-order valence-corrected chi connectivity index (χ1v) is 13.6. The minimum atomic E-state index is -0.505. The number of piperidine rings is 1. The lowest BCUT2D eigenvalue weighted by atomic mass is 9.96. The molecule has 2 aliphatic heterocycles. The van der Waals surface area contributed by atoms with Gasteiger partial charge in [-0.25, -0.2) is 4.98 Å². The highest BCUT2D eigenvalue weighted by molar-refractivity contribution is 6.02. The highest BCUT2D eigenvalue weighted by Gasteiger charge is 2.41. The fraction of sp³-hybridized carbons (Fsp3) is 0.517. The number of primary amides is 1. The van der Waals surface area contributed by atoms with Crippen LogP contribution in [0.4, 0.5) is 11.5 Å². The number of hydrogen-bond acceptors (Lipinski definition) is 6. The van der Waals surface area contributed by atoms with E-state index in [0.717, 1.165) is 57.2 Å². The van der Waals surface area contributed by atoms with E-state index in [9.17, 15) is 14.4 Å². The number of aromatic nitrogens is 1. The maximum atomic E-state index is 13.3. The summed E-state index contributed by atoms with van der Waals surface area (Å²) in [5.41, 5.74) is 7.80. The summed E-state index contributed by atoms with van der Waals surface area (Å²) in [6.07, 6.45) is 9.48. The smallest absolute Gasteiger partial charge is 0.251 e. The van der Waals surface area contributed by atoms with Crippen LogP contribution in [0.25, 0.3) is 0 Å². The molecular weight excluding hydrogens is 466 g/mol. The molecular formula is C29H39N5O3. The molecule has 2 amide bonds. The second kappa shape index (κ2) is 11.8. The van der Waals surface area contributed by atoms with Crippen molar-refractivity contribution < 1.29 is 14.4 Å². The van der Waals surface area contributed by atoms with Crippen molar-refractivity contribution in [1.29, 1.82) is 0 Å². The molecule has 8 heteroatoms. The molecule has 198 valence electrons. The van der Waals surface area contributed by atoms with Gasteiger partial charge in [0.05, 0.1) is 5.56 Å². The summed E-state index contributed by atoms with van der Waals surface area (Å²) in [5, 5.41) is 6.71. The minimum Gasteiger partial charge on any atom is -0.382 e. The topological polar surface area (TPSA) is 117 Å². The monoisotopic (exact) mass is 505 g/mol. The number of ketones is 1. The van der Waals surface area contributed by atoms with Crippen molar-refractivity contribution in [3.8, 4) is 0 Å². The van der Waals surface area contributed by atoms with Gasteiger partial charge >= 0.3 is 0 Å². The average Bonchev–Trinajstić information content (AvgIpc) is 3.14. The first-order valence-electron chi connectivity index (χ1n) is 13.6. The number of fused-ring (bicyclic) bond motifs is 2. The number of carbonyl (C=O) groups excluding carboxylic acids is 3. The number of amides is 2. The van der Waals surface area contributed by atoms with Gasteiger partial charge in [0, 0.05) is 47.2 Å². The number of nitrogens with two attached hydrogens (primary N) is 1. The van der Waals surface area contributed by atoms with Crippen molar-refractivity contribution in [1.82, 2.24) is 10.3 Å². The Hall–Kier alpha value is -3.42. The Morgan fingerprint density at radius 3 is 2.22 bits per heavy atom. The van der Waals surface area contributed by atoms with Crippen LogP contribution < -0.4 is 21.3 Å². The van der Waals surface area contributed by atoms with Gasteiger partial charge in [-0.1, -0.05) is 26.7 Å². The van der Waals surface area contributed by atoms with Gasteiger partial charge in [0.2, 0.25) is 0 Å². The maximum absolute atomic E-state index is 13.3. The second-order valence-corrected chi connectivity index (χ2v) is 10.4. The molecule has 2 saturated heterocycles. The summed E-state index contributed by atoms with van der Waals surface area (Å²) in [6.45, 7) is 5.82. The summed E-state index contributed by atoms with van der Waals surface area (Å²) >= 11 is 0. The van der Waals surface area contributed by atoms with E-state index in [1.165, 1.54) is 0 Å². The predicted molar refractivity (Wildman–Crippen MR) is 146 cm³/mol. The second-order valence-electron chi connectivity index (χ2n) is 10.4. The van der Waals surface area contributed by atoms with Crippen LogP contribution >= 0.6 is 0 Å². The van der Waals surface area contributed by atoms with Crippen LogP contribution in [0.5, 0.6) is 0 Å². The van der Waals surface area contributed by atoms with Crippen molar-refractivity contribution in [2.45, 2.75) is 96.3 Å². The fourth-order valence-electron chi connectivity index (χ4n) is 5.91. The van der Waals surface area contributed by atoms with Gasteiger partial charge in [-0.15, -0.1) is 0 Å². The Bertz CT molecular complexity index is 1110. The summed E-state index contributed by atoms with van der Waals surface area (Å²) in [6, 6.07) is 9.76. The third-order valence-corrected chi connectivity index (χ3v) is 7.67. The fourth-order valence-corrected chi connectivity index (χ4v) is 5.91. The van der Waals surface area contributed by atoms with Crippen LogP contribution in [0.15, 0.2) is 36.5 Å². The zero-order valence-corrected chi connectivity index (χ0v) is 22.1. The molecule has 8 nitrogen and oxygen atoms in total. The molecule has 2 bridgehead atoms. The van der Waals surface area contributed by atoms with Gasteiger partial charge in [0.1, 0.15) is 5.82 Å². The average molecular weight is 506 g/mol. The zero-order valence-electron chi connectivity index (χ0n) is 22.1. The first-order chi connectivity index (χ1) is 17.8. The van der Waals surface area contributed by atoms with Gasteiger partial charge in [0.15, 0.2) is 5.78 Å². The number of pyridine rings is 1. The predicted octanol–water partition coefficient (Wildman–Crippen LogP) is 4.69. The molecule has 2 fully saturated rings. The molecule has 0 spiro atoms. The summed E-state index contributed by atoms with van der Waals surface area (Å²) in [7, 11) is 0. The third kappa shape index (κ3) is 6.12. The van der Waals surface area contributed by atoms with Gasteiger partial charge < -0.3 is 21.3 Å². The van der Waals surface area contributed by atoms with Crippen LogP contribution in [0.3, 0.4) is 0 Å². The number of anilines is 2. The summed E-state index contributed by atoms with van der Waals surface area (Å²) in [5.74, 6) is 0.268.